The summed E-state index contributed by atoms with van der Waals surface area (Å²) in [6, 6.07) is 12.4. The Labute approximate surface area is 171 Å². The first-order valence-electron chi connectivity index (χ1n) is 9.34. The third-order valence-corrected chi connectivity index (χ3v) is 4.90. The predicted octanol–water partition coefficient (Wildman–Crippen LogP) is 3.89. The van der Waals surface area contributed by atoms with Crippen molar-refractivity contribution in [1.29, 1.82) is 0 Å². The predicted molar refractivity (Wildman–Crippen MR) is 112 cm³/mol. The molecule has 0 aliphatic heterocycles. The number of nitrogens with zero attached hydrogens (tertiary/aromatic N) is 1. The molecule has 0 radical (unpaired) electrons. The molecule has 6 heteroatoms. The highest BCUT2D eigenvalue weighted by molar-refractivity contribution is 6.30. The number of carbonyl (C=O) groups is 2. The fraction of sp³-hybridized carbons (Fsp3) is 0.364. The molecular formula is C22H27ClN2O3. The van der Waals surface area contributed by atoms with Crippen molar-refractivity contribution in [2.75, 3.05) is 13.2 Å². The molecule has 0 saturated heterocycles. The van der Waals surface area contributed by atoms with Gasteiger partial charge in [0.1, 0.15) is 11.8 Å². The van der Waals surface area contributed by atoms with Crippen LogP contribution in [-0.4, -0.2) is 35.9 Å². The second kappa shape index (κ2) is 10.1. The van der Waals surface area contributed by atoms with Crippen LogP contribution in [0.5, 0.6) is 5.75 Å². The molecule has 0 aliphatic rings. The molecular weight excluding hydrogens is 376 g/mol. The standard InChI is InChI=1S/C22H27ClN2O3/c1-5-24-22(27)17(4)25(13-18-9-7-10-19(23)12-18)21(26)14-28-20-11-6-8-15(2)16(20)3/h6-12,17H,5,13-14H2,1-4H3,(H,24,27)/t17-/m0/s1. The average molecular weight is 403 g/mol. The van der Waals surface area contributed by atoms with E-state index in [0.29, 0.717) is 17.3 Å². The Hall–Kier alpha value is -2.53. The Bertz CT molecular complexity index is 838. The summed E-state index contributed by atoms with van der Waals surface area (Å²) in [5.74, 6) is 0.200. The second-order valence-electron chi connectivity index (χ2n) is 6.71. The lowest BCUT2D eigenvalue weighted by atomic mass is 10.1. The number of halogens is 1. The smallest absolute Gasteiger partial charge is 0.261 e. The number of rotatable bonds is 8. The van der Waals surface area contributed by atoms with Gasteiger partial charge in [-0.2, -0.15) is 0 Å². The van der Waals surface area contributed by atoms with Gasteiger partial charge in [-0.25, -0.2) is 0 Å². The van der Waals surface area contributed by atoms with Crippen LogP contribution in [0.2, 0.25) is 5.02 Å². The number of aryl methyl sites for hydroxylation is 1. The normalized spacial score (nSPS) is 11.6. The van der Waals surface area contributed by atoms with Crippen LogP contribution in [0, 0.1) is 13.8 Å². The Morgan fingerprint density at radius 1 is 1.18 bits per heavy atom. The molecule has 28 heavy (non-hydrogen) atoms. The van der Waals surface area contributed by atoms with Gasteiger partial charge >= 0.3 is 0 Å². The van der Waals surface area contributed by atoms with Crippen LogP contribution in [-0.2, 0) is 16.1 Å². The molecule has 2 rings (SSSR count). The van der Waals surface area contributed by atoms with Gasteiger partial charge in [0, 0.05) is 18.1 Å². The summed E-state index contributed by atoms with van der Waals surface area (Å²) < 4.78 is 5.76. The Balaban J connectivity index is 2.17. The minimum atomic E-state index is -0.631. The monoisotopic (exact) mass is 402 g/mol. The summed E-state index contributed by atoms with van der Waals surface area (Å²) in [7, 11) is 0. The van der Waals surface area contributed by atoms with Crippen LogP contribution in [0.4, 0.5) is 0 Å². The first-order valence-corrected chi connectivity index (χ1v) is 9.72. The van der Waals surface area contributed by atoms with Crippen LogP contribution in [0.3, 0.4) is 0 Å². The van der Waals surface area contributed by atoms with Gasteiger partial charge in [0.2, 0.25) is 5.91 Å². The van der Waals surface area contributed by atoms with Crippen molar-refractivity contribution in [3.05, 3.63) is 64.2 Å². The zero-order valence-electron chi connectivity index (χ0n) is 16.8. The SMILES string of the molecule is CCNC(=O)[C@H](C)N(Cc1cccc(Cl)c1)C(=O)COc1cccc(C)c1C. The number of hydrogen-bond donors (Lipinski definition) is 1. The quantitative estimate of drug-likeness (QED) is 0.728. The van der Waals surface area contributed by atoms with E-state index in [-0.39, 0.29) is 25.0 Å². The third kappa shape index (κ3) is 5.73. The van der Waals surface area contributed by atoms with Crippen LogP contribution in [0.15, 0.2) is 42.5 Å². The van der Waals surface area contributed by atoms with Gasteiger partial charge in [0.25, 0.3) is 5.91 Å². The molecule has 2 aromatic rings. The highest BCUT2D eigenvalue weighted by atomic mass is 35.5. The number of benzene rings is 2. The minimum absolute atomic E-state index is 0.144. The van der Waals surface area contributed by atoms with Crippen LogP contribution < -0.4 is 10.1 Å². The number of carbonyl (C=O) groups excluding carboxylic acids is 2. The van der Waals surface area contributed by atoms with Crippen LogP contribution >= 0.6 is 11.6 Å². The molecule has 1 atom stereocenters. The van der Waals surface area contributed by atoms with Crippen molar-refractivity contribution in [3.63, 3.8) is 0 Å². The molecule has 0 aliphatic carbocycles. The first kappa shape index (κ1) is 21.8. The summed E-state index contributed by atoms with van der Waals surface area (Å²) in [6.45, 7) is 8.13. The van der Waals surface area contributed by atoms with Gasteiger partial charge in [0.05, 0.1) is 0 Å². The molecule has 5 nitrogen and oxygen atoms in total. The lowest BCUT2D eigenvalue weighted by molar-refractivity contribution is -0.142. The first-order chi connectivity index (χ1) is 13.3. The van der Waals surface area contributed by atoms with E-state index in [1.807, 2.05) is 51.1 Å². The maximum absolute atomic E-state index is 12.9. The van der Waals surface area contributed by atoms with Gasteiger partial charge < -0.3 is 15.0 Å². The molecule has 150 valence electrons. The van der Waals surface area contributed by atoms with Crippen LogP contribution in [0.25, 0.3) is 0 Å². The van der Waals surface area contributed by atoms with Crippen molar-refractivity contribution in [2.24, 2.45) is 0 Å². The highest BCUT2D eigenvalue weighted by Crippen LogP contribution is 2.21. The largest absolute Gasteiger partial charge is 0.483 e. The van der Waals surface area contributed by atoms with Crippen molar-refractivity contribution in [3.8, 4) is 5.75 Å². The van der Waals surface area contributed by atoms with E-state index in [2.05, 4.69) is 5.32 Å². The topological polar surface area (TPSA) is 58.6 Å². The zero-order chi connectivity index (χ0) is 20.7. The second-order valence-corrected chi connectivity index (χ2v) is 7.15. The summed E-state index contributed by atoms with van der Waals surface area (Å²) >= 11 is 6.07. The lowest BCUT2D eigenvalue weighted by Gasteiger charge is -2.28. The molecule has 0 unspecified atom stereocenters. The van der Waals surface area contributed by atoms with Crippen molar-refractivity contribution >= 4 is 23.4 Å². The van der Waals surface area contributed by atoms with Crippen LogP contribution in [0.1, 0.15) is 30.5 Å². The van der Waals surface area contributed by atoms with Gasteiger partial charge in [-0.05, 0) is 62.6 Å². The maximum atomic E-state index is 12.9. The molecule has 0 fully saturated rings. The third-order valence-electron chi connectivity index (χ3n) is 4.67. The Morgan fingerprint density at radius 3 is 2.57 bits per heavy atom. The molecule has 2 aromatic carbocycles. The average Bonchev–Trinajstić information content (AvgIpc) is 2.66. The van der Waals surface area contributed by atoms with E-state index >= 15 is 0 Å². The van der Waals surface area contributed by atoms with Crippen molar-refractivity contribution in [1.82, 2.24) is 10.2 Å². The summed E-state index contributed by atoms with van der Waals surface area (Å²) in [5.41, 5.74) is 2.94. The molecule has 0 bridgehead atoms. The van der Waals surface area contributed by atoms with E-state index in [1.54, 1.807) is 19.1 Å². The van der Waals surface area contributed by atoms with Gasteiger partial charge in [0.15, 0.2) is 6.61 Å². The fourth-order valence-corrected chi connectivity index (χ4v) is 3.05. The van der Waals surface area contributed by atoms with E-state index < -0.39 is 6.04 Å². The summed E-state index contributed by atoms with van der Waals surface area (Å²) in [6.07, 6.45) is 0. The molecule has 0 saturated carbocycles. The van der Waals surface area contributed by atoms with Crippen molar-refractivity contribution < 1.29 is 14.3 Å². The molecule has 0 aromatic heterocycles. The summed E-state index contributed by atoms with van der Waals surface area (Å²) in [5, 5.41) is 3.35. The van der Waals surface area contributed by atoms with E-state index in [4.69, 9.17) is 16.3 Å². The fourth-order valence-electron chi connectivity index (χ4n) is 2.84. The molecule has 1 N–H and O–H groups in total. The number of amides is 2. The van der Waals surface area contributed by atoms with Gasteiger partial charge in [-0.1, -0.05) is 35.9 Å². The number of hydrogen-bond acceptors (Lipinski definition) is 3. The summed E-state index contributed by atoms with van der Waals surface area (Å²) in [4.78, 5) is 26.8. The lowest BCUT2D eigenvalue weighted by Crippen LogP contribution is -2.49. The van der Waals surface area contributed by atoms with Gasteiger partial charge in [-0.3, -0.25) is 9.59 Å². The number of nitrogens with one attached hydrogen (secondary N) is 1. The van der Waals surface area contributed by atoms with E-state index in [9.17, 15) is 9.59 Å². The molecule has 2 amide bonds. The highest BCUT2D eigenvalue weighted by Gasteiger charge is 2.26. The van der Waals surface area contributed by atoms with E-state index in [1.165, 1.54) is 4.90 Å². The Morgan fingerprint density at radius 2 is 1.89 bits per heavy atom. The zero-order valence-corrected chi connectivity index (χ0v) is 17.5. The van der Waals surface area contributed by atoms with Crippen molar-refractivity contribution in [2.45, 2.75) is 40.3 Å². The van der Waals surface area contributed by atoms with Gasteiger partial charge in [-0.15, -0.1) is 0 Å². The molecule has 0 heterocycles. The van der Waals surface area contributed by atoms with E-state index in [0.717, 1.165) is 16.7 Å². The number of likely N-dealkylation sites (N-methyl/N-ethyl adjacent to an activating group) is 1. The minimum Gasteiger partial charge on any atom is -0.483 e. The maximum Gasteiger partial charge on any atom is 0.261 e. The molecule has 0 spiro atoms. The number of ether oxygens (including phenoxy) is 1. The Kier molecular flexibility index (Phi) is 7.88.